The number of nitrogens with one attached hydrogen (secondary N) is 1. The van der Waals surface area contributed by atoms with Gasteiger partial charge in [-0.2, -0.15) is 0 Å². The first-order chi connectivity index (χ1) is 6.86. The first-order valence-electron chi connectivity index (χ1n) is 4.76. The lowest BCUT2D eigenvalue weighted by Gasteiger charge is -2.14. The molecule has 0 spiro atoms. The Morgan fingerprint density at radius 2 is 2.36 bits per heavy atom. The van der Waals surface area contributed by atoms with E-state index in [1.54, 1.807) is 6.20 Å². The topological polar surface area (TPSA) is 42.0 Å². The average Bonchev–Trinajstić information content (AvgIpc) is 2.23. The average molecular weight is 188 g/mol. The minimum atomic E-state index is 0.0434. The number of carbonyl (C=O) groups is 1. The van der Waals surface area contributed by atoms with Crippen LogP contribution in [-0.4, -0.2) is 17.4 Å². The molecule has 0 bridgehead atoms. The van der Waals surface area contributed by atoms with E-state index in [9.17, 15) is 4.79 Å². The van der Waals surface area contributed by atoms with E-state index in [4.69, 9.17) is 0 Å². The molecule has 1 amide bonds. The van der Waals surface area contributed by atoms with E-state index in [1.165, 1.54) is 0 Å². The van der Waals surface area contributed by atoms with E-state index in [0.717, 1.165) is 30.7 Å². The molecule has 1 aromatic heterocycles. The van der Waals surface area contributed by atoms with Crippen LogP contribution in [0.3, 0.4) is 0 Å². The predicted octanol–water partition coefficient (Wildman–Crippen LogP) is 1.37. The monoisotopic (exact) mass is 188 g/mol. The maximum Gasteiger partial charge on any atom is 0.247 e. The van der Waals surface area contributed by atoms with Crippen molar-refractivity contribution in [3.8, 4) is 0 Å². The molecular formula is C11H12N2O. The van der Waals surface area contributed by atoms with Crippen molar-refractivity contribution in [3.63, 3.8) is 0 Å². The molecule has 0 atom stereocenters. The van der Waals surface area contributed by atoms with Crippen LogP contribution in [0.1, 0.15) is 18.5 Å². The lowest BCUT2D eigenvalue weighted by Crippen LogP contribution is -2.30. The van der Waals surface area contributed by atoms with Crippen LogP contribution >= 0.6 is 0 Å². The smallest absolute Gasteiger partial charge is 0.247 e. The number of rotatable bonds is 1. The summed E-state index contributed by atoms with van der Waals surface area (Å²) in [5, 5.41) is 2.82. The van der Waals surface area contributed by atoms with Crippen molar-refractivity contribution in [2.75, 3.05) is 6.54 Å². The fourth-order valence-electron chi connectivity index (χ4n) is 1.49. The van der Waals surface area contributed by atoms with Gasteiger partial charge < -0.3 is 5.32 Å². The third kappa shape index (κ3) is 1.99. The van der Waals surface area contributed by atoms with Gasteiger partial charge in [-0.15, -0.1) is 0 Å². The zero-order valence-corrected chi connectivity index (χ0v) is 7.86. The van der Waals surface area contributed by atoms with E-state index in [2.05, 4.69) is 10.3 Å². The SMILES string of the molecule is O=C1NCCCC1=Cc1ccccn1. The highest BCUT2D eigenvalue weighted by Gasteiger charge is 2.13. The van der Waals surface area contributed by atoms with Gasteiger partial charge in [-0.25, -0.2) is 0 Å². The van der Waals surface area contributed by atoms with Gasteiger partial charge in [0.25, 0.3) is 0 Å². The molecule has 1 saturated heterocycles. The molecule has 1 fully saturated rings. The van der Waals surface area contributed by atoms with E-state index < -0.39 is 0 Å². The van der Waals surface area contributed by atoms with Crippen molar-refractivity contribution in [2.45, 2.75) is 12.8 Å². The van der Waals surface area contributed by atoms with Crippen LogP contribution in [0.15, 0.2) is 30.0 Å². The summed E-state index contributed by atoms with van der Waals surface area (Å²) in [6.45, 7) is 0.790. The molecule has 3 nitrogen and oxygen atoms in total. The number of aromatic nitrogens is 1. The van der Waals surface area contributed by atoms with Gasteiger partial charge in [-0.05, 0) is 31.1 Å². The molecule has 72 valence electrons. The Bertz CT molecular complexity index is 357. The number of piperidine rings is 1. The summed E-state index contributed by atoms with van der Waals surface area (Å²) in [6, 6.07) is 5.68. The number of hydrogen-bond acceptors (Lipinski definition) is 2. The van der Waals surface area contributed by atoms with Crippen molar-refractivity contribution in [1.82, 2.24) is 10.3 Å². The number of hydrogen-bond donors (Lipinski definition) is 1. The first-order valence-corrected chi connectivity index (χ1v) is 4.76. The third-order valence-corrected chi connectivity index (χ3v) is 2.21. The fraction of sp³-hybridized carbons (Fsp3) is 0.273. The molecule has 1 aliphatic heterocycles. The highest BCUT2D eigenvalue weighted by Crippen LogP contribution is 2.13. The molecule has 2 heterocycles. The summed E-state index contributed by atoms with van der Waals surface area (Å²) in [5.41, 5.74) is 1.68. The van der Waals surface area contributed by atoms with Crippen molar-refractivity contribution in [1.29, 1.82) is 0 Å². The summed E-state index contributed by atoms with van der Waals surface area (Å²) >= 11 is 0. The van der Waals surface area contributed by atoms with Crippen molar-refractivity contribution in [2.24, 2.45) is 0 Å². The molecule has 3 heteroatoms. The first kappa shape index (κ1) is 8.94. The summed E-state index contributed by atoms with van der Waals surface area (Å²) < 4.78 is 0. The Morgan fingerprint density at radius 1 is 1.43 bits per heavy atom. The van der Waals surface area contributed by atoms with Crippen LogP contribution in [0.5, 0.6) is 0 Å². The van der Waals surface area contributed by atoms with Crippen LogP contribution in [0, 0.1) is 0 Å². The predicted molar refractivity (Wildman–Crippen MR) is 54.5 cm³/mol. The van der Waals surface area contributed by atoms with Gasteiger partial charge in [-0.1, -0.05) is 6.07 Å². The zero-order valence-electron chi connectivity index (χ0n) is 7.86. The van der Waals surface area contributed by atoms with Crippen LogP contribution in [0.25, 0.3) is 6.08 Å². The second-order valence-corrected chi connectivity index (χ2v) is 3.28. The van der Waals surface area contributed by atoms with Crippen LogP contribution < -0.4 is 5.32 Å². The van der Waals surface area contributed by atoms with E-state index in [0.29, 0.717) is 0 Å². The second-order valence-electron chi connectivity index (χ2n) is 3.28. The third-order valence-electron chi connectivity index (χ3n) is 2.21. The van der Waals surface area contributed by atoms with Crippen LogP contribution in [0.4, 0.5) is 0 Å². The summed E-state index contributed by atoms with van der Waals surface area (Å²) in [7, 11) is 0. The molecule has 0 aliphatic carbocycles. The summed E-state index contributed by atoms with van der Waals surface area (Å²) in [5.74, 6) is 0.0434. The molecule has 1 aliphatic rings. The Hall–Kier alpha value is -1.64. The van der Waals surface area contributed by atoms with E-state index in [1.807, 2.05) is 24.3 Å². The minimum absolute atomic E-state index is 0.0434. The van der Waals surface area contributed by atoms with Crippen molar-refractivity contribution < 1.29 is 4.79 Å². The Morgan fingerprint density at radius 3 is 3.07 bits per heavy atom. The maximum atomic E-state index is 11.4. The summed E-state index contributed by atoms with van der Waals surface area (Å²) in [4.78, 5) is 15.5. The quantitative estimate of drug-likeness (QED) is 0.676. The molecule has 0 saturated carbocycles. The molecule has 0 unspecified atom stereocenters. The maximum absolute atomic E-state index is 11.4. The molecule has 0 aromatic carbocycles. The van der Waals surface area contributed by atoms with Gasteiger partial charge in [0.05, 0.1) is 5.69 Å². The Balaban J connectivity index is 2.21. The molecule has 2 rings (SSSR count). The largest absolute Gasteiger partial charge is 0.352 e. The van der Waals surface area contributed by atoms with E-state index >= 15 is 0 Å². The fourth-order valence-corrected chi connectivity index (χ4v) is 1.49. The van der Waals surface area contributed by atoms with Gasteiger partial charge in [0.2, 0.25) is 5.91 Å². The van der Waals surface area contributed by atoms with Crippen molar-refractivity contribution >= 4 is 12.0 Å². The molecular weight excluding hydrogens is 176 g/mol. The van der Waals surface area contributed by atoms with Crippen LogP contribution in [0.2, 0.25) is 0 Å². The lowest BCUT2D eigenvalue weighted by molar-refractivity contribution is -0.118. The number of pyridine rings is 1. The number of carbonyl (C=O) groups excluding carboxylic acids is 1. The Labute approximate surface area is 82.9 Å². The van der Waals surface area contributed by atoms with Crippen LogP contribution in [-0.2, 0) is 4.79 Å². The summed E-state index contributed by atoms with van der Waals surface area (Å²) in [6.07, 6.45) is 5.45. The van der Waals surface area contributed by atoms with Gasteiger partial charge in [0, 0.05) is 18.3 Å². The highest BCUT2D eigenvalue weighted by molar-refractivity contribution is 5.98. The Kier molecular flexibility index (Phi) is 2.58. The number of amides is 1. The standard InChI is InChI=1S/C11H12N2O/c14-11-9(4-3-7-13-11)8-10-5-1-2-6-12-10/h1-2,5-6,8H,3-4,7H2,(H,13,14). The van der Waals surface area contributed by atoms with E-state index in [-0.39, 0.29) is 5.91 Å². The van der Waals surface area contributed by atoms with Gasteiger partial charge in [-0.3, -0.25) is 9.78 Å². The number of nitrogens with zero attached hydrogens (tertiary/aromatic N) is 1. The van der Waals surface area contributed by atoms with Gasteiger partial charge in [0.15, 0.2) is 0 Å². The zero-order chi connectivity index (χ0) is 9.80. The van der Waals surface area contributed by atoms with Gasteiger partial charge >= 0.3 is 0 Å². The van der Waals surface area contributed by atoms with Gasteiger partial charge in [0.1, 0.15) is 0 Å². The normalized spacial score (nSPS) is 19.4. The lowest BCUT2D eigenvalue weighted by atomic mass is 10.0. The van der Waals surface area contributed by atoms with Crippen molar-refractivity contribution in [3.05, 3.63) is 35.7 Å². The highest BCUT2D eigenvalue weighted by atomic mass is 16.1. The molecule has 1 aromatic rings. The molecule has 0 radical (unpaired) electrons. The minimum Gasteiger partial charge on any atom is -0.352 e. The molecule has 14 heavy (non-hydrogen) atoms. The second kappa shape index (κ2) is 4.05. The molecule has 1 N–H and O–H groups in total.